The van der Waals surface area contributed by atoms with Crippen LogP contribution in [-0.4, -0.2) is 49.8 Å². The summed E-state index contributed by atoms with van der Waals surface area (Å²) in [6.45, 7) is 2.94. The molecular formula is C25H30N2O5S. The van der Waals surface area contributed by atoms with Crippen LogP contribution in [0.25, 0.3) is 5.57 Å². The number of carbonyl (C=O) groups excluding carboxylic acids is 2. The van der Waals surface area contributed by atoms with Crippen molar-refractivity contribution in [3.63, 3.8) is 0 Å². The molecule has 0 atom stereocenters. The van der Waals surface area contributed by atoms with E-state index >= 15 is 0 Å². The van der Waals surface area contributed by atoms with E-state index in [1.807, 2.05) is 19.9 Å². The van der Waals surface area contributed by atoms with Gasteiger partial charge in [-0.15, -0.1) is 0 Å². The fraction of sp³-hybridized carbons (Fsp3) is 0.360. The number of anilines is 1. The molecular weight excluding hydrogens is 440 g/mol. The molecule has 1 aliphatic heterocycles. The molecule has 0 radical (unpaired) electrons. The van der Waals surface area contributed by atoms with Gasteiger partial charge in [0.2, 0.25) is 0 Å². The second-order valence-electron chi connectivity index (χ2n) is 8.11. The van der Waals surface area contributed by atoms with Crippen LogP contribution in [0.3, 0.4) is 0 Å². The largest absolute Gasteiger partial charge is 0.394 e. The average molecular weight is 471 g/mol. The molecule has 1 heterocycles. The number of aliphatic hydroxyl groups is 1. The smallest absolute Gasteiger partial charge is 0.266 e. The molecule has 2 aromatic rings. The van der Waals surface area contributed by atoms with Gasteiger partial charge in [-0.3, -0.25) is 9.59 Å². The third-order valence-corrected chi connectivity index (χ3v) is 7.58. The van der Waals surface area contributed by atoms with Crippen molar-refractivity contribution >= 4 is 33.1 Å². The van der Waals surface area contributed by atoms with Crippen molar-refractivity contribution in [2.24, 2.45) is 0 Å². The van der Waals surface area contributed by atoms with Gasteiger partial charge < -0.3 is 10.0 Å². The predicted octanol–water partition coefficient (Wildman–Crippen LogP) is 3.52. The summed E-state index contributed by atoms with van der Waals surface area (Å²) >= 11 is 0. The van der Waals surface area contributed by atoms with Crippen LogP contribution in [0, 0.1) is 6.92 Å². The van der Waals surface area contributed by atoms with Crippen molar-refractivity contribution in [3.8, 4) is 0 Å². The number of rotatable bonds is 9. The lowest BCUT2D eigenvalue weighted by Gasteiger charge is -2.24. The lowest BCUT2D eigenvalue weighted by Crippen LogP contribution is -2.40. The number of sulfonamides is 1. The zero-order valence-electron chi connectivity index (χ0n) is 19.2. The standard InChI is InChI=1S/C25H30N2O5S/c1-4-5-6-10-21(23-20-9-7-8-11-22(20)26(3)25(23)30)24(29)27(16-17-28)33(31,32)19-14-12-18(2)13-15-19/h7-9,11-15,28H,4-6,10,16-17H2,1-3H3/b23-21-. The van der Waals surface area contributed by atoms with E-state index in [1.165, 1.54) is 17.0 Å². The summed E-state index contributed by atoms with van der Waals surface area (Å²) in [7, 11) is -2.59. The molecule has 0 saturated heterocycles. The van der Waals surface area contributed by atoms with Crippen LogP contribution >= 0.6 is 0 Å². The summed E-state index contributed by atoms with van der Waals surface area (Å²) < 4.78 is 27.5. The first-order valence-corrected chi connectivity index (χ1v) is 12.5. The maximum atomic E-state index is 13.8. The normalized spacial score (nSPS) is 14.9. The second-order valence-corrected chi connectivity index (χ2v) is 9.97. The predicted molar refractivity (Wildman–Crippen MR) is 128 cm³/mol. The van der Waals surface area contributed by atoms with Crippen molar-refractivity contribution in [1.82, 2.24) is 4.31 Å². The molecule has 33 heavy (non-hydrogen) atoms. The van der Waals surface area contributed by atoms with E-state index in [1.54, 1.807) is 37.4 Å². The number of fused-ring (bicyclic) bond motifs is 1. The first kappa shape index (κ1) is 24.7. The van der Waals surface area contributed by atoms with Gasteiger partial charge in [-0.2, -0.15) is 0 Å². The van der Waals surface area contributed by atoms with Crippen molar-refractivity contribution in [1.29, 1.82) is 0 Å². The Bertz CT molecular complexity index is 1170. The molecule has 0 aliphatic carbocycles. The molecule has 0 saturated carbocycles. The summed E-state index contributed by atoms with van der Waals surface area (Å²) in [6, 6.07) is 13.3. The SMILES string of the molecule is CCCCC/C(C(=O)N(CCO)S(=O)(=O)c1ccc(C)cc1)=C1/C(=O)N(C)c2ccccc21. The first-order valence-electron chi connectivity index (χ1n) is 11.1. The lowest BCUT2D eigenvalue weighted by molar-refractivity contribution is -0.123. The van der Waals surface area contributed by atoms with Crippen molar-refractivity contribution in [2.75, 3.05) is 25.1 Å². The number of nitrogens with zero attached hydrogens (tertiary/aromatic N) is 2. The molecule has 0 spiro atoms. The highest BCUT2D eigenvalue weighted by Crippen LogP contribution is 2.39. The number of likely N-dealkylation sites (N-methyl/N-ethyl adjacent to an activating group) is 1. The highest BCUT2D eigenvalue weighted by Gasteiger charge is 2.37. The van der Waals surface area contributed by atoms with Gasteiger partial charge in [0, 0.05) is 18.2 Å². The zero-order valence-corrected chi connectivity index (χ0v) is 20.1. The van der Waals surface area contributed by atoms with E-state index in [0.29, 0.717) is 22.0 Å². The molecule has 2 aromatic carbocycles. The number of hydrogen-bond donors (Lipinski definition) is 1. The van der Waals surface area contributed by atoms with Gasteiger partial charge in [0.25, 0.3) is 21.8 Å². The van der Waals surface area contributed by atoms with Crippen LogP contribution < -0.4 is 4.90 Å². The minimum absolute atomic E-state index is 0.0388. The molecule has 3 rings (SSSR count). The second kappa shape index (κ2) is 10.3. The van der Waals surface area contributed by atoms with Gasteiger partial charge in [0.05, 0.1) is 29.3 Å². The summed E-state index contributed by atoms with van der Waals surface area (Å²) in [5, 5.41) is 9.60. The highest BCUT2D eigenvalue weighted by atomic mass is 32.2. The van der Waals surface area contributed by atoms with Gasteiger partial charge in [0.1, 0.15) is 0 Å². The van der Waals surface area contributed by atoms with Crippen molar-refractivity contribution < 1.29 is 23.1 Å². The van der Waals surface area contributed by atoms with Gasteiger partial charge in [0.15, 0.2) is 0 Å². The fourth-order valence-corrected chi connectivity index (χ4v) is 5.35. The quantitative estimate of drug-likeness (QED) is 0.447. The summed E-state index contributed by atoms with van der Waals surface area (Å²) in [5.41, 5.74) is 2.56. The minimum atomic E-state index is -4.23. The Labute approximate surface area is 195 Å². The molecule has 0 fully saturated rings. The Kier molecular flexibility index (Phi) is 7.71. The monoisotopic (exact) mass is 470 g/mol. The third kappa shape index (κ3) is 4.86. The molecule has 0 bridgehead atoms. The van der Waals surface area contributed by atoms with E-state index in [2.05, 4.69) is 0 Å². The maximum absolute atomic E-state index is 13.8. The Hall–Kier alpha value is -2.97. The number of benzene rings is 2. The minimum Gasteiger partial charge on any atom is -0.394 e. The molecule has 1 N–H and O–H groups in total. The molecule has 7 nitrogen and oxygen atoms in total. The van der Waals surface area contributed by atoms with Gasteiger partial charge >= 0.3 is 0 Å². The molecule has 0 unspecified atom stereocenters. The van der Waals surface area contributed by atoms with Gasteiger partial charge in [-0.1, -0.05) is 55.7 Å². The molecule has 2 amide bonds. The van der Waals surface area contributed by atoms with Gasteiger partial charge in [-0.05, 0) is 38.0 Å². The number of amides is 2. The summed E-state index contributed by atoms with van der Waals surface area (Å²) in [4.78, 5) is 28.4. The first-order chi connectivity index (χ1) is 15.7. The number of aliphatic hydroxyl groups excluding tert-OH is 1. The number of aryl methyl sites for hydroxylation is 1. The van der Waals surface area contributed by atoms with E-state index in [9.17, 15) is 23.1 Å². The van der Waals surface area contributed by atoms with Crippen LogP contribution in [-0.2, 0) is 19.6 Å². The Balaban J connectivity index is 2.15. The van der Waals surface area contributed by atoms with Crippen LogP contribution in [0.1, 0.15) is 43.7 Å². The number of unbranched alkanes of at least 4 members (excludes halogenated alkanes) is 2. The van der Waals surface area contributed by atoms with Crippen LogP contribution in [0.15, 0.2) is 59.0 Å². The van der Waals surface area contributed by atoms with Crippen LogP contribution in [0.5, 0.6) is 0 Å². The summed E-state index contributed by atoms with van der Waals surface area (Å²) in [6.07, 6.45) is 2.64. The fourth-order valence-electron chi connectivity index (χ4n) is 3.96. The zero-order chi connectivity index (χ0) is 24.2. The highest BCUT2D eigenvalue weighted by molar-refractivity contribution is 7.89. The van der Waals surface area contributed by atoms with E-state index in [-0.39, 0.29) is 28.4 Å². The summed E-state index contributed by atoms with van der Waals surface area (Å²) in [5.74, 6) is -1.11. The van der Waals surface area contributed by atoms with Crippen LogP contribution in [0.2, 0.25) is 0 Å². The van der Waals surface area contributed by atoms with Crippen LogP contribution in [0.4, 0.5) is 5.69 Å². The average Bonchev–Trinajstić information content (AvgIpc) is 3.05. The Morgan fingerprint density at radius 2 is 1.73 bits per heavy atom. The molecule has 1 aliphatic rings. The third-order valence-electron chi connectivity index (χ3n) is 5.78. The van der Waals surface area contributed by atoms with E-state index in [0.717, 1.165) is 18.4 Å². The van der Waals surface area contributed by atoms with E-state index in [4.69, 9.17) is 0 Å². The number of para-hydroxylation sites is 1. The maximum Gasteiger partial charge on any atom is 0.266 e. The van der Waals surface area contributed by atoms with Crippen molar-refractivity contribution in [3.05, 3.63) is 65.2 Å². The molecule has 8 heteroatoms. The number of carbonyl (C=O) groups is 2. The Morgan fingerprint density at radius 1 is 1.06 bits per heavy atom. The lowest BCUT2D eigenvalue weighted by atomic mass is 9.96. The topological polar surface area (TPSA) is 95.0 Å². The number of hydrogen-bond acceptors (Lipinski definition) is 5. The van der Waals surface area contributed by atoms with Gasteiger partial charge in [-0.25, -0.2) is 12.7 Å². The van der Waals surface area contributed by atoms with E-state index < -0.39 is 29.1 Å². The molecule has 0 aromatic heterocycles. The Morgan fingerprint density at radius 3 is 2.36 bits per heavy atom. The molecule has 176 valence electrons. The van der Waals surface area contributed by atoms with Crippen molar-refractivity contribution in [2.45, 2.75) is 44.4 Å².